The molecule has 0 aliphatic carbocycles. The van der Waals surface area contributed by atoms with E-state index in [9.17, 15) is 55.1 Å². The van der Waals surface area contributed by atoms with Gasteiger partial charge in [0, 0.05) is 36.4 Å². The molecule has 0 aliphatic heterocycles. The lowest BCUT2D eigenvalue weighted by molar-refractivity contribution is 0.0724. The number of ether oxygens (including phenoxy) is 6. The van der Waals surface area contributed by atoms with Crippen molar-refractivity contribution in [3.63, 3.8) is 0 Å². The van der Waals surface area contributed by atoms with E-state index in [1.54, 1.807) is 109 Å². The van der Waals surface area contributed by atoms with Crippen LogP contribution in [-0.4, -0.2) is 35.8 Å². The van der Waals surface area contributed by atoms with Crippen molar-refractivity contribution in [3.8, 4) is 70.9 Å². The van der Waals surface area contributed by atoms with E-state index in [2.05, 4.69) is 34.6 Å². The molecular weight excluding hydrogens is 1720 g/mol. The minimum Gasteiger partial charge on any atom is -0.423 e. The van der Waals surface area contributed by atoms with Gasteiger partial charge in [-0.25, -0.2) is 55.1 Å². The van der Waals surface area contributed by atoms with Crippen LogP contribution in [0.2, 0.25) is 0 Å². The molecule has 0 unspecified atom stereocenters. The number of nitriles is 6. The number of unbranched alkanes of at least 4 members (excludes halogenated alkanes) is 10. The number of nitrogens with zero attached hydrogens (tertiary/aromatic N) is 6. The summed E-state index contributed by atoms with van der Waals surface area (Å²) >= 11 is 0. The second-order valence-electron chi connectivity index (χ2n) is 30.7. The van der Waals surface area contributed by atoms with Gasteiger partial charge in [-0.1, -0.05) is 185 Å². The first-order valence-corrected chi connectivity index (χ1v) is 44.4. The maximum absolute atomic E-state index is 13.5. The number of rotatable bonds is 33. The molecule has 0 atom stereocenters. The van der Waals surface area contributed by atoms with Crippen molar-refractivity contribution in [2.75, 3.05) is 0 Å². The number of hydrogen-bond acceptors (Lipinski definition) is 18. The highest BCUT2D eigenvalue weighted by Crippen LogP contribution is 2.27. The number of hydrogen-bond donors (Lipinski definition) is 0. The SMILES string of the molecule is CCCCCCCc1ccc(C(=O)Oc2ccc(C#N)c(F)c2)cc1.CCCCCCc1ccc(C(=O)Oc2ccc(C#N)c(F)c2)cc1.CCCCCc1ccc(C(=O)Oc2ccc(C#N)c(F)c2)cc1.CCCCc1ccc(C(=O)Oc2ccc(C#N)c(F)c2)cc1.CCCc1ccc(C(=O)Oc2ccc(C#N)c(F)c2)cc1.CCc1ccc(C(=O)Oc2ccc(C#N)c(F)c2)cc1. The molecule has 24 heteroatoms. The number of halogens is 6. The minimum atomic E-state index is -0.709. The molecule has 0 bridgehead atoms. The van der Waals surface area contributed by atoms with Crippen LogP contribution in [0.15, 0.2) is 255 Å². The van der Waals surface area contributed by atoms with Gasteiger partial charge in [-0.05, 0) is 243 Å². The van der Waals surface area contributed by atoms with Crippen LogP contribution in [0, 0.1) is 103 Å². The number of benzene rings is 12. The fourth-order valence-corrected chi connectivity index (χ4v) is 12.7. The van der Waals surface area contributed by atoms with E-state index < -0.39 is 70.7 Å². The quantitative estimate of drug-likeness (QED) is 0.0160. The monoisotopic (exact) mass is 1820 g/mol. The largest absolute Gasteiger partial charge is 0.423 e. The molecule has 0 saturated carbocycles. The molecule has 0 fully saturated rings. The summed E-state index contributed by atoms with van der Waals surface area (Å²) in [4.78, 5) is 72.0. The first-order valence-electron chi connectivity index (χ1n) is 44.4. The predicted octanol–water partition coefficient (Wildman–Crippen LogP) is 26.7. The zero-order valence-electron chi connectivity index (χ0n) is 75.9. The van der Waals surface area contributed by atoms with E-state index in [4.69, 9.17) is 60.0 Å². The first-order chi connectivity index (χ1) is 65.3. The van der Waals surface area contributed by atoms with Crippen LogP contribution in [0.3, 0.4) is 0 Å². The van der Waals surface area contributed by atoms with Gasteiger partial charge in [0.05, 0.1) is 66.8 Å². The van der Waals surface area contributed by atoms with E-state index in [0.717, 1.165) is 125 Å². The van der Waals surface area contributed by atoms with E-state index in [1.165, 1.54) is 153 Å². The Morgan fingerprint density at radius 3 is 0.563 bits per heavy atom. The third-order valence-electron chi connectivity index (χ3n) is 20.5. The Balaban J connectivity index is 0.000000221. The Hall–Kier alpha value is -16.0. The summed E-state index contributed by atoms with van der Waals surface area (Å²) in [5.41, 5.74) is 8.95. The Bertz CT molecular complexity index is 6210. The van der Waals surface area contributed by atoms with Crippen LogP contribution in [0.5, 0.6) is 34.5 Å². The summed E-state index contributed by atoms with van der Waals surface area (Å²) in [5.74, 6) is -7.05. The molecule has 0 amide bonds. The normalized spacial score (nSPS) is 10.1. The third-order valence-corrected chi connectivity index (χ3v) is 20.5. The highest BCUT2D eigenvalue weighted by Gasteiger charge is 2.19. The Morgan fingerprint density at radius 1 is 0.207 bits per heavy atom. The van der Waals surface area contributed by atoms with Crippen molar-refractivity contribution in [1.29, 1.82) is 31.6 Å². The van der Waals surface area contributed by atoms with Gasteiger partial charge >= 0.3 is 35.8 Å². The number of carbonyl (C=O) groups is 6. The van der Waals surface area contributed by atoms with Crippen LogP contribution in [0.4, 0.5) is 26.3 Å². The van der Waals surface area contributed by atoms with Crippen molar-refractivity contribution in [2.45, 2.75) is 176 Å². The zero-order valence-corrected chi connectivity index (χ0v) is 75.9. The van der Waals surface area contributed by atoms with E-state index in [0.29, 0.717) is 33.4 Å². The number of esters is 6. The van der Waals surface area contributed by atoms with Gasteiger partial charge < -0.3 is 28.4 Å². The van der Waals surface area contributed by atoms with Gasteiger partial charge in [0.25, 0.3) is 0 Å². The van der Waals surface area contributed by atoms with Crippen molar-refractivity contribution in [3.05, 3.63) is 390 Å². The lowest BCUT2D eigenvalue weighted by Crippen LogP contribution is -2.08. The fourth-order valence-electron chi connectivity index (χ4n) is 12.7. The fraction of sp³-hybridized carbons (Fsp3) is 0.243. The lowest BCUT2D eigenvalue weighted by atomic mass is 10.0. The summed E-state index contributed by atoms with van der Waals surface area (Å²) in [6.45, 7) is 12.8. The second-order valence-corrected chi connectivity index (χ2v) is 30.7. The molecule has 12 aromatic carbocycles. The van der Waals surface area contributed by atoms with Crippen LogP contribution < -0.4 is 28.4 Å². The molecule has 12 aromatic rings. The van der Waals surface area contributed by atoms with Gasteiger partial charge in [0.1, 0.15) is 106 Å². The zero-order chi connectivity index (χ0) is 97.8. The average Bonchev–Trinajstić information content (AvgIpc) is 0.868. The van der Waals surface area contributed by atoms with Gasteiger partial charge in [-0.2, -0.15) is 31.6 Å². The van der Waals surface area contributed by atoms with Crippen LogP contribution >= 0.6 is 0 Å². The summed E-state index contributed by atoms with van der Waals surface area (Å²) in [7, 11) is 0. The van der Waals surface area contributed by atoms with Crippen molar-refractivity contribution in [2.24, 2.45) is 0 Å². The Labute approximate surface area is 783 Å². The van der Waals surface area contributed by atoms with E-state index in [1.807, 2.05) is 79.7 Å². The van der Waals surface area contributed by atoms with Crippen molar-refractivity contribution in [1.82, 2.24) is 0 Å². The molecule has 12 rings (SSSR count). The summed E-state index contributed by atoms with van der Waals surface area (Å²) in [6, 6.07) is 75.8. The standard InChI is InChI=1S/C21H22FNO2.C20H20FNO2.C19H18FNO2.C18H16FNO2.C17H14FNO2.C16H12FNO2/c1-2-3-4-5-6-7-16-8-10-17(11-9-16)21(24)25-19-13-12-18(15-23)20(22)14-19;1-2-3-4-5-6-15-7-9-16(10-8-15)20(23)24-18-12-11-17(14-22)19(21)13-18;1-2-3-4-5-14-6-8-15(9-7-14)19(22)23-17-11-10-16(13-21)18(20)12-17;1-2-3-4-13-5-7-14(8-6-13)18(21)22-16-10-9-15(12-20)17(19)11-16;1-2-3-12-4-6-13(7-5-12)17(20)21-15-9-8-14(11-19)16(18)10-15;1-2-11-3-5-12(6-4-11)16(19)20-14-8-7-13(10-18)15(17)9-14/h8-14H,2-7H2,1H3;7-13H,2-6H2,1H3;6-12H,2-5H2,1H3;5-11H,2-4H2,1H3;4-10H,2-3H2,1H3;3-9H,2H2,1H3. The minimum absolute atomic E-state index is 0.0751. The van der Waals surface area contributed by atoms with Crippen LogP contribution in [-0.2, 0) is 38.5 Å². The van der Waals surface area contributed by atoms with Gasteiger partial charge in [-0.3, -0.25) is 0 Å². The molecule has 135 heavy (non-hydrogen) atoms. The Kier molecular flexibility index (Phi) is 45.5. The smallest absolute Gasteiger partial charge is 0.343 e. The van der Waals surface area contributed by atoms with Gasteiger partial charge in [0.2, 0.25) is 0 Å². The van der Waals surface area contributed by atoms with E-state index >= 15 is 0 Å². The maximum Gasteiger partial charge on any atom is 0.343 e. The van der Waals surface area contributed by atoms with Crippen LogP contribution in [0.1, 0.15) is 267 Å². The third kappa shape index (κ3) is 36.3. The molecule has 0 heterocycles. The van der Waals surface area contributed by atoms with Crippen molar-refractivity contribution >= 4 is 35.8 Å². The summed E-state index contributed by atoms with van der Waals surface area (Å²) in [6.07, 6.45) is 23.5. The topological polar surface area (TPSA) is 301 Å². The number of carbonyl (C=O) groups excluding carboxylic acids is 6. The second kappa shape index (κ2) is 57.9. The molecule has 18 nitrogen and oxygen atoms in total. The molecule has 0 spiro atoms. The maximum atomic E-state index is 13.5. The van der Waals surface area contributed by atoms with Gasteiger partial charge in [-0.15, -0.1) is 0 Å². The first kappa shape index (κ1) is 106. The van der Waals surface area contributed by atoms with E-state index in [-0.39, 0.29) is 67.9 Å². The lowest BCUT2D eigenvalue weighted by Gasteiger charge is -2.06. The highest BCUT2D eigenvalue weighted by molar-refractivity contribution is 5.94. The predicted molar refractivity (Wildman–Crippen MR) is 501 cm³/mol. The average molecular weight is 1830 g/mol. The molecular formula is C111H102F6N6O12. The molecule has 0 radical (unpaired) electrons. The number of aryl methyl sites for hydroxylation is 6. The molecule has 690 valence electrons. The highest BCUT2D eigenvalue weighted by atomic mass is 19.1. The molecule has 0 aliphatic rings. The Morgan fingerprint density at radius 2 is 0.378 bits per heavy atom. The van der Waals surface area contributed by atoms with Crippen molar-refractivity contribution < 1.29 is 83.5 Å². The molecule has 0 saturated heterocycles. The van der Waals surface area contributed by atoms with Crippen LogP contribution in [0.25, 0.3) is 0 Å². The van der Waals surface area contributed by atoms with Gasteiger partial charge in [0.15, 0.2) is 0 Å². The molecule has 0 aromatic heterocycles. The summed E-state index contributed by atoms with van der Waals surface area (Å²) in [5, 5.41) is 52.0. The molecule has 0 N–H and O–H groups in total. The summed E-state index contributed by atoms with van der Waals surface area (Å²) < 4.78 is 112.